The Morgan fingerprint density at radius 1 is 1.37 bits per heavy atom. The number of thiazole rings is 1. The fourth-order valence-electron chi connectivity index (χ4n) is 2.62. The average molecular weight is 277 g/mol. The second kappa shape index (κ2) is 5.81. The summed E-state index contributed by atoms with van der Waals surface area (Å²) in [6.45, 7) is 2.76. The van der Waals surface area contributed by atoms with Crippen LogP contribution in [0.1, 0.15) is 41.7 Å². The molecule has 0 bridgehead atoms. The number of nitrogens with two attached hydrogens (primary N) is 1. The molecule has 2 aromatic rings. The second-order valence-corrected chi connectivity index (χ2v) is 5.78. The molecule has 0 spiro atoms. The smallest absolute Gasteiger partial charge is 0.116 e. The zero-order valence-electron chi connectivity index (χ0n) is 10.9. The van der Waals surface area contributed by atoms with E-state index in [1.165, 1.54) is 19.3 Å². The van der Waals surface area contributed by atoms with Gasteiger partial charge in [0, 0.05) is 18.1 Å². The molecule has 1 aliphatic heterocycles. The molecule has 0 amide bonds. The molecular weight excluding hydrogens is 258 g/mol. The lowest BCUT2D eigenvalue weighted by molar-refractivity contribution is 0.184. The lowest BCUT2D eigenvalue weighted by Crippen LogP contribution is -2.34. The normalized spacial score (nSPS) is 18.6. The minimum atomic E-state index is 0.202. The third-order valence-electron chi connectivity index (χ3n) is 3.58. The van der Waals surface area contributed by atoms with Gasteiger partial charge >= 0.3 is 0 Å². The van der Waals surface area contributed by atoms with Crippen molar-refractivity contribution < 1.29 is 0 Å². The molecule has 0 aliphatic carbocycles. The molecule has 2 aromatic heterocycles. The number of hydrogen-bond acceptors (Lipinski definition) is 5. The molecule has 1 fully saturated rings. The predicted octanol–water partition coefficient (Wildman–Crippen LogP) is 1.90. The minimum absolute atomic E-state index is 0.202. The average Bonchev–Trinajstić information content (AvgIpc) is 3.12. The van der Waals surface area contributed by atoms with Crippen molar-refractivity contribution in [2.24, 2.45) is 5.73 Å². The maximum absolute atomic E-state index is 5.67. The quantitative estimate of drug-likeness (QED) is 0.895. The zero-order chi connectivity index (χ0) is 13.1. The van der Waals surface area contributed by atoms with Gasteiger partial charge in [-0.15, -0.1) is 11.3 Å². The molecule has 19 heavy (non-hydrogen) atoms. The van der Waals surface area contributed by atoms with Crippen molar-refractivity contribution in [3.05, 3.63) is 34.3 Å². The zero-order valence-corrected chi connectivity index (χ0v) is 11.7. The summed E-state index contributed by atoms with van der Waals surface area (Å²) in [6, 6.07) is 0.202. The van der Waals surface area contributed by atoms with E-state index in [9.17, 15) is 0 Å². The molecule has 1 aliphatic rings. The largest absolute Gasteiger partial charge is 0.347 e. The van der Waals surface area contributed by atoms with E-state index in [-0.39, 0.29) is 6.04 Å². The maximum atomic E-state index is 5.67. The van der Waals surface area contributed by atoms with Gasteiger partial charge in [0.2, 0.25) is 0 Å². The number of aromatic nitrogens is 3. The number of rotatable bonds is 4. The molecule has 0 saturated carbocycles. The van der Waals surface area contributed by atoms with E-state index in [0.717, 1.165) is 29.5 Å². The highest BCUT2D eigenvalue weighted by atomic mass is 32.1. The van der Waals surface area contributed by atoms with Crippen LogP contribution in [0, 0.1) is 0 Å². The lowest BCUT2D eigenvalue weighted by Gasteiger charge is -2.32. The van der Waals surface area contributed by atoms with Gasteiger partial charge in [-0.05, 0) is 25.9 Å². The Morgan fingerprint density at radius 2 is 2.21 bits per heavy atom. The van der Waals surface area contributed by atoms with Gasteiger partial charge in [-0.25, -0.2) is 9.97 Å². The summed E-state index contributed by atoms with van der Waals surface area (Å²) in [4.78, 5) is 14.6. The van der Waals surface area contributed by atoms with Crippen molar-refractivity contribution in [2.75, 3.05) is 13.1 Å². The standard InChI is InChI=1S/C13H19N5S/c14-6-10-8-19-13(17-10)12(11-7-15-9-16-11)18-4-2-1-3-5-18/h7-9,12H,1-6,14H2,(H,15,16). The maximum Gasteiger partial charge on any atom is 0.116 e. The highest BCUT2D eigenvalue weighted by Crippen LogP contribution is 2.31. The summed E-state index contributed by atoms with van der Waals surface area (Å²) < 4.78 is 0. The Morgan fingerprint density at radius 3 is 2.84 bits per heavy atom. The molecule has 1 unspecified atom stereocenters. The number of piperidine rings is 1. The van der Waals surface area contributed by atoms with Crippen molar-refractivity contribution in [3.63, 3.8) is 0 Å². The van der Waals surface area contributed by atoms with E-state index < -0.39 is 0 Å². The molecule has 1 saturated heterocycles. The van der Waals surface area contributed by atoms with Crippen LogP contribution in [0.15, 0.2) is 17.9 Å². The Balaban J connectivity index is 1.91. The summed E-state index contributed by atoms with van der Waals surface area (Å²) >= 11 is 1.69. The van der Waals surface area contributed by atoms with Gasteiger partial charge in [-0.3, -0.25) is 4.90 Å². The van der Waals surface area contributed by atoms with Gasteiger partial charge in [0.1, 0.15) is 11.0 Å². The molecule has 6 heteroatoms. The molecule has 1 atom stereocenters. The van der Waals surface area contributed by atoms with Gasteiger partial charge in [0.25, 0.3) is 0 Å². The summed E-state index contributed by atoms with van der Waals surface area (Å²) in [7, 11) is 0. The summed E-state index contributed by atoms with van der Waals surface area (Å²) in [5, 5.41) is 3.18. The topological polar surface area (TPSA) is 70.8 Å². The number of likely N-dealkylation sites (tertiary alicyclic amines) is 1. The van der Waals surface area contributed by atoms with Crippen LogP contribution in [0.2, 0.25) is 0 Å². The van der Waals surface area contributed by atoms with E-state index in [1.807, 2.05) is 6.20 Å². The highest BCUT2D eigenvalue weighted by Gasteiger charge is 2.27. The number of hydrogen-bond donors (Lipinski definition) is 2. The van der Waals surface area contributed by atoms with Crippen LogP contribution in [0.4, 0.5) is 0 Å². The third-order valence-corrected chi connectivity index (χ3v) is 4.53. The van der Waals surface area contributed by atoms with Crippen molar-refractivity contribution in [3.8, 4) is 0 Å². The molecule has 3 N–H and O–H groups in total. The van der Waals surface area contributed by atoms with Gasteiger partial charge in [-0.1, -0.05) is 6.42 Å². The van der Waals surface area contributed by atoms with Crippen LogP contribution in [-0.2, 0) is 6.54 Å². The number of aromatic amines is 1. The molecule has 3 heterocycles. The molecule has 3 rings (SSSR count). The van der Waals surface area contributed by atoms with E-state index >= 15 is 0 Å². The predicted molar refractivity (Wildman–Crippen MR) is 75.9 cm³/mol. The second-order valence-electron chi connectivity index (χ2n) is 4.89. The summed E-state index contributed by atoms with van der Waals surface area (Å²) in [5.41, 5.74) is 7.77. The first-order valence-corrected chi connectivity index (χ1v) is 7.63. The van der Waals surface area contributed by atoms with Crippen LogP contribution < -0.4 is 5.73 Å². The third kappa shape index (κ3) is 2.70. The SMILES string of the molecule is NCc1csc(C(c2cnc[nH]2)N2CCCCC2)n1. The number of H-pyrrole nitrogens is 1. The van der Waals surface area contributed by atoms with Gasteiger partial charge in [-0.2, -0.15) is 0 Å². The summed E-state index contributed by atoms with van der Waals surface area (Å²) in [5.74, 6) is 0. The van der Waals surface area contributed by atoms with Gasteiger partial charge < -0.3 is 10.7 Å². The minimum Gasteiger partial charge on any atom is -0.347 e. The van der Waals surface area contributed by atoms with Crippen molar-refractivity contribution in [1.82, 2.24) is 19.9 Å². The number of nitrogens with zero attached hydrogens (tertiary/aromatic N) is 3. The number of nitrogens with one attached hydrogen (secondary N) is 1. The van der Waals surface area contributed by atoms with Crippen molar-refractivity contribution in [1.29, 1.82) is 0 Å². The van der Waals surface area contributed by atoms with Crippen LogP contribution in [-0.4, -0.2) is 32.9 Å². The van der Waals surface area contributed by atoms with Crippen LogP contribution >= 0.6 is 11.3 Å². The monoisotopic (exact) mass is 277 g/mol. The molecule has 0 radical (unpaired) electrons. The Hall–Kier alpha value is -1.24. The van der Waals surface area contributed by atoms with Crippen LogP contribution in [0.3, 0.4) is 0 Å². The molecule has 5 nitrogen and oxygen atoms in total. The lowest BCUT2D eigenvalue weighted by atomic mass is 10.1. The van der Waals surface area contributed by atoms with Crippen LogP contribution in [0.25, 0.3) is 0 Å². The highest BCUT2D eigenvalue weighted by molar-refractivity contribution is 7.09. The number of imidazole rings is 1. The Bertz CT molecular complexity index is 501. The Labute approximate surface area is 116 Å². The molecule has 102 valence electrons. The molecule has 0 aromatic carbocycles. The first-order chi connectivity index (χ1) is 9.38. The van der Waals surface area contributed by atoms with Crippen molar-refractivity contribution >= 4 is 11.3 Å². The Kier molecular flexibility index (Phi) is 3.91. The molecular formula is C13H19N5S. The van der Waals surface area contributed by atoms with Crippen LogP contribution in [0.5, 0.6) is 0 Å². The van der Waals surface area contributed by atoms with E-state index in [1.54, 1.807) is 17.7 Å². The van der Waals surface area contributed by atoms with E-state index in [0.29, 0.717) is 6.54 Å². The van der Waals surface area contributed by atoms with Gasteiger partial charge in [0.15, 0.2) is 0 Å². The van der Waals surface area contributed by atoms with E-state index in [2.05, 4.69) is 25.2 Å². The van der Waals surface area contributed by atoms with E-state index in [4.69, 9.17) is 5.73 Å². The fraction of sp³-hybridized carbons (Fsp3) is 0.538. The fourth-order valence-corrected chi connectivity index (χ4v) is 3.60. The first-order valence-electron chi connectivity index (χ1n) is 6.75. The van der Waals surface area contributed by atoms with Gasteiger partial charge in [0.05, 0.1) is 17.7 Å². The first kappa shape index (κ1) is 12.8. The summed E-state index contributed by atoms with van der Waals surface area (Å²) in [6.07, 6.45) is 7.50. The van der Waals surface area contributed by atoms with Crippen molar-refractivity contribution in [2.45, 2.75) is 31.8 Å².